The van der Waals surface area contributed by atoms with Gasteiger partial charge in [-0.05, 0) is 43.5 Å². The number of fused-ring (bicyclic) bond motifs is 2. The van der Waals surface area contributed by atoms with Crippen LogP contribution >= 0.6 is 0 Å². The van der Waals surface area contributed by atoms with E-state index in [1.807, 2.05) is 49.9 Å². The Kier molecular flexibility index (Phi) is 5.54. The molecular weight excluding hydrogens is 416 g/mol. The summed E-state index contributed by atoms with van der Waals surface area (Å²) in [5.41, 5.74) is 5.20. The van der Waals surface area contributed by atoms with E-state index >= 15 is 0 Å². The summed E-state index contributed by atoms with van der Waals surface area (Å²) in [7, 11) is 0. The third-order valence-electron chi connectivity index (χ3n) is 6.84. The highest BCUT2D eigenvalue weighted by molar-refractivity contribution is 6.00. The number of carbonyl (C=O) groups is 1. The van der Waals surface area contributed by atoms with Crippen molar-refractivity contribution in [1.82, 2.24) is 9.80 Å². The maximum atomic E-state index is 13.1. The summed E-state index contributed by atoms with van der Waals surface area (Å²) in [6.45, 7) is 9.65. The van der Waals surface area contributed by atoms with E-state index in [2.05, 4.69) is 17.0 Å². The molecule has 0 radical (unpaired) electrons. The minimum atomic E-state index is -0.443. The average molecular weight is 445 g/mol. The zero-order valence-electron chi connectivity index (χ0n) is 19.3. The molecule has 0 bridgehead atoms. The molecule has 0 aliphatic carbocycles. The first-order chi connectivity index (χ1) is 15.9. The van der Waals surface area contributed by atoms with Crippen LogP contribution in [0.4, 0.5) is 0 Å². The highest BCUT2D eigenvalue weighted by Crippen LogP contribution is 2.32. The Morgan fingerprint density at radius 2 is 1.67 bits per heavy atom. The van der Waals surface area contributed by atoms with E-state index in [4.69, 9.17) is 8.83 Å². The van der Waals surface area contributed by atoms with Gasteiger partial charge in [-0.1, -0.05) is 30.3 Å². The first-order valence-corrected chi connectivity index (χ1v) is 11.4. The number of piperazine rings is 1. The molecule has 0 saturated carbocycles. The van der Waals surface area contributed by atoms with Crippen molar-refractivity contribution in [3.05, 3.63) is 80.9 Å². The van der Waals surface area contributed by atoms with Gasteiger partial charge in [0.25, 0.3) is 0 Å². The number of nitrogens with zero attached hydrogens (tertiary/aromatic N) is 2. The number of furan rings is 1. The van der Waals surface area contributed by atoms with Crippen molar-refractivity contribution in [3.63, 3.8) is 0 Å². The van der Waals surface area contributed by atoms with Crippen LogP contribution in [-0.4, -0.2) is 41.9 Å². The van der Waals surface area contributed by atoms with Crippen molar-refractivity contribution in [2.24, 2.45) is 0 Å². The Bertz CT molecular complexity index is 1390. The van der Waals surface area contributed by atoms with Gasteiger partial charge in [-0.3, -0.25) is 9.69 Å². The molecule has 0 unspecified atom stereocenters. The highest BCUT2D eigenvalue weighted by atomic mass is 16.4. The van der Waals surface area contributed by atoms with Crippen LogP contribution < -0.4 is 5.63 Å². The molecule has 1 aliphatic rings. The summed E-state index contributed by atoms with van der Waals surface area (Å²) >= 11 is 0. The molecule has 1 aliphatic heterocycles. The van der Waals surface area contributed by atoms with Crippen molar-refractivity contribution >= 4 is 27.8 Å². The Labute approximate surface area is 192 Å². The van der Waals surface area contributed by atoms with Gasteiger partial charge in [0, 0.05) is 49.1 Å². The van der Waals surface area contributed by atoms with E-state index in [1.165, 1.54) is 5.56 Å². The number of benzene rings is 2. The maximum absolute atomic E-state index is 13.1. The van der Waals surface area contributed by atoms with Crippen LogP contribution in [0.25, 0.3) is 21.9 Å². The molecule has 2 aromatic heterocycles. The molecule has 6 heteroatoms. The van der Waals surface area contributed by atoms with Crippen molar-refractivity contribution < 1.29 is 13.6 Å². The van der Waals surface area contributed by atoms with Gasteiger partial charge in [-0.2, -0.15) is 0 Å². The molecule has 33 heavy (non-hydrogen) atoms. The molecule has 170 valence electrons. The van der Waals surface area contributed by atoms with Crippen LogP contribution in [0.2, 0.25) is 0 Å². The minimum Gasteiger partial charge on any atom is -0.464 e. The number of aryl methyl sites for hydroxylation is 3. The highest BCUT2D eigenvalue weighted by Gasteiger charge is 2.24. The molecule has 2 aromatic carbocycles. The van der Waals surface area contributed by atoms with Gasteiger partial charge in [0.15, 0.2) is 0 Å². The Balaban J connectivity index is 1.35. The topological polar surface area (TPSA) is 66.9 Å². The van der Waals surface area contributed by atoms with Gasteiger partial charge in [0.2, 0.25) is 5.91 Å². The molecule has 6 nitrogen and oxygen atoms in total. The van der Waals surface area contributed by atoms with E-state index in [-0.39, 0.29) is 12.3 Å². The third kappa shape index (κ3) is 3.95. The quantitative estimate of drug-likeness (QED) is 0.438. The normalized spacial score (nSPS) is 14.9. The van der Waals surface area contributed by atoms with Crippen LogP contribution in [0.3, 0.4) is 0 Å². The summed E-state index contributed by atoms with van der Waals surface area (Å²) in [5, 5.41) is 1.86. The molecular formula is C27H28N2O4. The van der Waals surface area contributed by atoms with E-state index < -0.39 is 5.63 Å². The van der Waals surface area contributed by atoms with Crippen molar-refractivity contribution in [2.75, 3.05) is 26.2 Å². The maximum Gasteiger partial charge on any atom is 0.340 e. The molecule has 0 atom stereocenters. The molecule has 1 saturated heterocycles. The van der Waals surface area contributed by atoms with Gasteiger partial charge >= 0.3 is 5.63 Å². The van der Waals surface area contributed by atoms with Crippen LogP contribution in [-0.2, 0) is 17.8 Å². The lowest BCUT2D eigenvalue weighted by molar-refractivity contribution is -0.132. The van der Waals surface area contributed by atoms with Crippen LogP contribution in [0, 0.1) is 20.8 Å². The third-order valence-corrected chi connectivity index (χ3v) is 6.84. The molecule has 5 rings (SSSR count). The van der Waals surface area contributed by atoms with E-state index in [1.54, 1.807) is 6.26 Å². The Morgan fingerprint density at radius 3 is 2.39 bits per heavy atom. The number of hydrogen-bond donors (Lipinski definition) is 0. The smallest absolute Gasteiger partial charge is 0.340 e. The van der Waals surface area contributed by atoms with Gasteiger partial charge in [0.05, 0.1) is 18.2 Å². The number of carbonyl (C=O) groups excluding carboxylic acids is 1. The summed E-state index contributed by atoms with van der Waals surface area (Å²) in [5.74, 6) is -0.0265. The average Bonchev–Trinajstić information content (AvgIpc) is 3.19. The second-order valence-corrected chi connectivity index (χ2v) is 8.99. The fraction of sp³-hybridized carbons (Fsp3) is 0.333. The van der Waals surface area contributed by atoms with Crippen LogP contribution in [0.5, 0.6) is 0 Å². The predicted molar refractivity (Wildman–Crippen MR) is 128 cm³/mol. The summed E-state index contributed by atoms with van der Waals surface area (Å²) in [6.07, 6.45) is 1.77. The first kappa shape index (κ1) is 21.5. The van der Waals surface area contributed by atoms with Gasteiger partial charge in [-0.15, -0.1) is 0 Å². The molecule has 0 spiro atoms. The standard InChI is InChI=1S/C27H28N2O4/c1-17-16-32-25-19(3)26-22(13-21(17)25)18(2)23(27(31)33-26)14-24(30)29-11-9-28(10-12-29)15-20-7-5-4-6-8-20/h4-8,13,16H,9-12,14-15H2,1-3H3. The zero-order chi connectivity index (χ0) is 23.1. The van der Waals surface area contributed by atoms with E-state index in [9.17, 15) is 9.59 Å². The predicted octanol–water partition coefficient (Wildman–Crippen LogP) is 4.35. The summed E-state index contributed by atoms with van der Waals surface area (Å²) < 4.78 is 11.4. The van der Waals surface area contributed by atoms with Crippen molar-refractivity contribution in [3.8, 4) is 0 Å². The first-order valence-electron chi connectivity index (χ1n) is 11.4. The molecule has 0 N–H and O–H groups in total. The second kappa shape index (κ2) is 8.52. The molecule has 3 heterocycles. The monoisotopic (exact) mass is 444 g/mol. The van der Waals surface area contributed by atoms with Gasteiger partial charge in [0.1, 0.15) is 11.2 Å². The summed E-state index contributed by atoms with van der Waals surface area (Å²) in [6, 6.07) is 12.4. The molecule has 4 aromatic rings. The van der Waals surface area contributed by atoms with Crippen molar-refractivity contribution in [2.45, 2.75) is 33.7 Å². The fourth-order valence-electron chi connectivity index (χ4n) is 4.78. The number of hydrogen-bond acceptors (Lipinski definition) is 5. The Hall–Kier alpha value is -3.38. The van der Waals surface area contributed by atoms with Crippen LogP contribution in [0.1, 0.15) is 27.8 Å². The van der Waals surface area contributed by atoms with Crippen LogP contribution in [0.15, 0.2) is 56.3 Å². The fourth-order valence-corrected chi connectivity index (χ4v) is 4.78. The summed E-state index contributed by atoms with van der Waals surface area (Å²) in [4.78, 5) is 30.1. The van der Waals surface area contributed by atoms with E-state index in [0.29, 0.717) is 24.2 Å². The largest absolute Gasteiger partial charge is 0.464 e. The Morgan fingerprint density at radius 1 is 0.939 bits per heavy atom. The zero-order valence-corrected chi connectivity index (χ0v) is 19.3. The lowest BCUT2D eigenvalue weighted by atomic mass is 9.99. The molecule has 1 fully saturated rings. The lowest BCUT2D eigenvalue weighted by Crippen LogP contribution is -2.49. The van der Waals surface area contributed by atoms with E-state index in [0.717, 1.165) is 52.7 Å². The second-order valence-electron chi connectivity index (χ2n) is 8.99. The van der Waals surface area contributed by atoms with Crippen molar-refractivity contribution in [1.29, 1.82) is 0 Å². The minimum absolute atomic E-state index is 0.0265. The SMILES string of the molecule is Cc1coc2c(C)c3oc(=O)c(CC(=O)N4CCN(Cc5ccccc5)CC4)c(C)c3cc12. The lowest BCUT2D eigenvalue weighted by Gasteiger charge is -2.34. The van der Waals surface area contributed by atoms with Gasteiger partial charge < -0.3 is 13.7 Å². The number of amides is 1. The molecule has 1 amide bonds. The number of rotatable bonds is 4. The van der Waals surface area contributed by atoms with Gasteiger partial charge in [-0.25, -0.2) is 4.79 Å².